The molecule has 0 bridgehead atoms. The van der Waals surface area contributed by atoms with E-state index in [2.05, 4.69) is 6.92 Å². The molecule has 0 heterocycles. The minimum atomic E-state index is 0.0323. The van der Waals surface area contributed by atoms with Crippen molar-refractivity contribution >= 4 is 5.78 Å². The Labute approximate surface area is 74.8 Å². The Morgan fingerprint density at radius 3 is 2.42 bits per heavy atom. The van der Waals surface area contributed by atoms with Crippen LogP contribution in [0.15, 0.2) is 11.6 Å². The molecular weight excluding hydrogens is 150 g/mol. The van der Waals surface area contributed by atoms with Gasteiger partial charge in [-0.05, 0) is 26.3 Å². The van der Waals surface area contributed by atoms with Crippen LogP contribution in [0, 0.1) is 5.92 Å². The predicted molar refractivity (Wildman–Crippen MR) is 51.9 cm³/mol. The molecule has 70 valence electrons. The number of ketones is 1. The summed E-state index contributed by atoms with van der Waals surface area (Å²) in [4.78, 5) is 11.4. The second-order valence-electron chi connectivity index (χ2n) is 3.35. The number of hydrogen-bond donors (Lipinski definition) is 1. The summed E-state index contributed by atoms with van der Waals surface area (Å²) in [6.07, 6.45) is 3.61. The highest BCUT2D eigenvalue weighted by Gasteiger charge is 2.12. The summed E-state index contributed by atoms with van der Waals surface area (Å²) in [5, 5.41) is 0. The van der Waals surface area contributed by atoms with E-state index in [0.717, 1.165) is 18.4 Å². The number of hydrogen-bond acceptors (Lipinski definition) is 2. The zero-order valence-electron chi connectivity index (χ0n) is 8.26. The van der Waals surface area contributed by atoms with Crippen LogP contribution < -0.4 is 5.73 Å². The summed E-state index contributed by atoms with van der Waals surface area (Å²) >= 11 is 0. The van der Waals surface area contributed by atoms with Crippen molar-refractivity contribution in [2.75, 3.05) is 6.54 Å². The van der Waals surface area contributed by atoms with Crippen molar-refractivity contribution in [2.24, 2.45) is 11.7 Å². The lowest BCUT2D eigenvalue weighted by molar-refractivity contribution is -0.118. The minimum Gasteiger partial charge on any atom is -0.330 e. The van der Waals surface area contributed by atoms with E-state index in [0.29, 0.717) is 6.54 Å². The molecule has 0 amide bonds. The molecule has 0 aromatic heterocycles. The van der Waals surface area contributed by atoms with Gasteiger partial charge < -0.3 is 5.73 Å². The van der Waals surface area contributed by atoms with Gasteiger partial charge in [0, 0.05) is 12.5 Å². The SMILES string of the molecule is CCCC(CN)C(=O)C=C(C)C. The largest absolute Gasteiger partial charge is 0.330 e. The average Bonchev–Trinajstić information content (AvgIpc) is 1.98. The standard InChI is InChI=1S/C10H19NO/c1-4-5-9(7-11)10(12)6-8(2)3/h6,9H,4-5,7,11H2,1-3H3. The fourth-order valence-corrected chi connectivity index (χ4v) is 1.13. The van der Waals surface area contributed by atoms with E-state index in [-0.39, 0.29) is 11.7 Å². The molecule has 0 saturated carbocycles. The molecule has 0 fully saturated rings. The van der Waals surface area contributed by atoms with E-state index in [1.807, 2.05) is 13.8 Å². The third-order valence-corrected chi connectivity index (χ3v) is 1.75. The molecule has 0 aliphatic rings. The van der Waals surface area contributed by atoms with Crippen LogP contribution in [-0.4, -0.2) is 12.3 Å². The molecule has 0 aromatic rings. The summed E-state index contributed by atoms with van der Waals surface area (Å²) in [6, 6.07) is 0. The number of carbonyl (C=O) groups is 1. The molecule has 1 atom stereocenters. The van der Waals surface area contributed by atoms with Gasteiger partial charge in [0.25, 0.3) is 0 Å². The zero-order valence-corrected chi connectivity index (χ0v) is 8.26. The van der Waals surface area contributed by atoms with Crippen LogP contribution in [0.25, 0.3) is 0 Å². The number of rotatable bonds is 5. The van der Waals surface area contributed by atoms with E-state index in [1.54, 1.807) is 6.08 Å². The van der Waals surface area contributed by atoms with Crippen molar-refractivity contribution in [1.29, 1.82) is 0 Å². The lowest BCUT2D eigenvalue weighted by Crippen LogP contribution is -2.22. The van der Waals surface area contributed by atoms with Gasteiger partial charge in [0.15, 0.2) is 5.78 Å². The highest BCUT2D eigenvalue weighted by molar-refractivity contribution is 5.92. The quantitative estimate of drug-likeness (QED) is 0.639. The summed E-state index contributed by atoms with van der Waals surface area (Å²) in [5.74, 6) is 0.212. The molecule has 0 aliphatic carbocycles. The lowest BCUT2D eigenvalue weighted by atomic mass is 9.97. The summed E-state index contributed by atoms with van der Waals surface area (Å²) in [5.41, 5.74) is 6.54. The highest BCUT2D eigenvalue weighted by Crippen LogP contribution is 2.07. The van der Waals surface area contributed by atoms with Gasteiger partial charge in [0.2, 0.25) is 0 Å². The fourth-order valence-electron chi connectivity index (χ4n) is 1.13. The Bertz CT molecular complexity index is 169. The maximum absolute atomic E-state index is 11.4. The highest BCUT2D eigenvalue weighted by atomic mass is 16.1. The lowest BCUT2D eigenvalue weighted by Gasteiger charge is -2.09. The Kier molecular flexibility index (Phi) is 5.64. The third-order valence-electron chi connectivity index (χ3n) is 1.75. The van der Waals surface area contributed by atoms with E-state index in [9.17, 15) is 4.79 Å². The van der Waals surface area contributed by atoms with Crippen molar-refractivity contribution in [3.8, 4) is 0 Å². The van der Waals surface area contributed by atoms with Crippen LogP contribution in [0.3, 0.4) is 0 Å². The maximum atomic E-state index is 11.4. The average molecular weight is 169 g/mol. The van der Waals surface area contributed by atoms with Gasteiger partial charge in [0.1, 0.15) is 0 Å². The molecule has 0 aliphatic heterocycles. The first-order valence-corrected chi connectivity index (χ1v) is 4.50. The second kappa shape index (κ2) is 5.95. The van der Waals surface area contributed by atoms with Gasteiger partial charge in [-0.1, -0.05) is 18.9 Å². The Morgan fingerprint density at radius 1 is 1.50 bits per heavy atom. The third kappa shape index (κ3) is 4.29. The molecule has 0 saturated heterocycles. The number of allylic oxidation sites excluding steroid dienone is 2. The summed E-state index contributed by atoms with van der Waals surface area (Å²) in [7, 11) is 0. The summed E-state index contributed by atoms with van der Waals surface area (Å²) < 4.78 is 0. The van der Waals surface area contributed by atoms with Crippen LogP contribution >= 0.6 is 0 Å². The van der Waals surface area contributed by atoms with Gasteiger partial charge in [0.05, 0.1) is 0 Å². The molecule has 2 heteroatoms. The van der Waals surface area contributed by atoms with Crippen molar-refractivity contribution in [2.45, 2.75) is 33.6 Å². The monoisotopic (exact) mass is 169 g/mol. The van der Waals surface area contributed by atoms with E-state index >= 15 is 0 Å². The smallest absolute Gasteiger partial charge is 0.159 e. The van der Waals surface area contributed by atoms with Crippen molar-refractivity contribution < 1.29 is 4.79 Å². The molecule has 0 rings (SSSR count). The van der Waals surface area contributed by atoms with Gasteiger partial charge >= 0.3 is 0 Å². The topological polar surface area (TPSA) is 43.1 Å². The molecular formula is C10H19NO. The molecule has 1 unspecified atom stereocenters. The zero-order chi connectivity index (χ0) is 9.56. The molecule has 0 radical (unpaired) electrons. The first kappa shape index (κ1) is 11.4. The van der Waals surface area contributed by atoms with Crippen molar-refractivity contribution in [1.82, 2.24) is 0 Å². The number of nitrogens with two attached hydrogens (primary N) is 1. The summed E-state index contributed by atoms with van der Waals surface area (Å²) in [6.45, 7) is 6.39. The predicted octanol–water partition coefficient (Wildman–Crippen LogP) is 1.90. The first-order chi connectivity index (χ1) is 5.61. The molecule has 2 nitrogen and oxygen atoms in total. The normalized spacial score (nSPS) is 12.3. The van der Waals surface area contributed by atoms with Gasteiger partial charge in [-0.3, -0.25) is 4.79 Å². The van der Waals surface area contributed by atoms with E-state index in [1.165, 1.54) is 0 Å². The fraction of sp³-hybridized carbons (Fsp3) is 0.700. The first-order valence-electron chi connectivity index (χ1n) is 4.50. The molecule has 2 N–H and O–H groups in total. The molecule has 12 heavy (non-hydrogen) atoms. The van der Waals surface area contributed by atoms with E-state index < -0.39 is 0 Å². The van der Waals surface area contributed by atoms with Crippen LogP contribution in [-0.2, 0) is 4.79 Å². The van der Waals surface area contributed by atoms with Crippen LogP contribution in [0.4, 0.5) is 0 Å². The van der Waals surface area contributed by atoms with Gasteiger partial charge in [-0.25, -0.2) is 0 Å². The van der Waals surface area contributed by atoms with E-state index in [4.69, 9.17) is 5.73 Å². The second-order valence-corrected chi connectivity index (χ2v) is 3.35. The van der Waals surface area contributed by atoms with Crippen molar-refractivity contribution in [3.05, 3.63) is 11.6 Å². The number of carbonyl (C=O) groups excluding carboxylic acids is 1. The van der Waals surface area contributed by atoms with Crippen LogP contribution in [0.5, 0.6) is 0 Å². The maximum Gasteiger partial charge on any atom is 0.159 e. The Morgan fingerprint density at radius 2 is 2.08 bits per heavy atom. The van der Waals surface area contributed by atoms with Crippen molar-refractivity contribution in [3.63, 3.8) is 0 Å². The van der Waals surface area contributed by atoms with Crippen LogP contribution in [0.1, 0.15) is 33.6 Å². The molecule has 0 spiro atoms. The minimum absolute atomic E-state index is 0.0323. The van der Waals surface area contributed by atoms with Gasteiger partial charge in [-0.2, -0.15) is 0 Å². The Hall–Kier alpha value is -0.630. The van der Waals surface area contributed by atoms with Crippen LogP contribution in [0.2, 0.25) is 0 Å². The Balaban J connectivity index is 4.12. The van der Waals surface area contributed by atoms with Gasteiger partial charge in [-0.15, -0.1) is 0 Å². The molecule has 0 aromatic carbocycles.